The van der Waals surface area contributed by atoms with Crippen molar-refractivity contribution in [1.29, 1.82) is 5.26 Å². The zero-order valence-corrected chi connectivity index (χ0v) is 15.0. The lowest BCUT2D eigenvalue weighted by Gasteiger charge is -2.17. The molecule has 0 atom stereocenters. The van der Waals surface area contributed by atoms with Gasteiger partial charge in [-0.2, -0.15) is 5.26 Å². The molecule has 0 saturated heterocycles. The molecule has 0 radical (unpaired) electrons. The number of anilines is 1. The van der Waals surface area contributed by atoms with Crippen LogP contribution >= 0.6 is 0 Å². The summed E-state index contributed by atoms with van der Waals surface area (Å²) in [5.41, 5.74) is 14.2. The molecular weight excluding hydrogens is 294 g/mol. The minimum Gasteiger partial charge on any atom is -0.397 e. The first-order valence-corrected chi connectivity index (χ1v) is 8.48. The third-order valence-electron chi connectivity index (χ3n) is 4.35. The Labute approximate surface area is 144 Å². The zero-order chi connectivity index (χ0) is 17.7. The van der Waals surface area contributed by atoms with E-state index in [0.717, 1.165) is 52.8 Å². The largest absolute Gasteiger partial charge is 0.397 e. The Balaban J connectivity index is 2.73. The molecule has 0 aliphatic heterocycles. The van der Waals surface area contributed by atoms with Crippen LogP contribution in [0.1, 0.15) is 60.1 Å². The van der Waals surface area contributed by atoms with Crippen LogP contribution < -0.4 is 5.73 Å². The lowest BCUT2D eigenvalue weighted by Crippen LogP contribution is -2.03. The van der Waals surface area contributed by atoms with Gasteiger partial charge in [-0.25, -0.2) is 0 Å². The van der Waals surface area contributed by atoms with E-state index in [1.165, 1.54) is 5.56 Å². The smallest absolute Gasteiger partial charge is 0.0994 e. The maximum absolute atomic E-state index is 9.41. The third kappa shape index (κ3) is 3.49. The van der Waals surface area contributed by atoms with E-state index in [1.807, 2.05) is 19.2 Å². The molecule has 0 spiro atoms. The molecule has 0 bridgehead atoms. The fraction of sp³-hybridized carbons (Fsp3) is 0.333. The third-order valence-corrected chi connectivity index (χ3v) is 4.35. The van der Waals surface area contributed by atoms with Crippen LogP contribution in [0.3, 0.4) is 0 Å². The maximum Gasteiger partial charge on any atom is 0.0994 e. The number of nitrogens with zero attached hydrogens (tertiary/aromatic N) is 2. The average Bonchev–Trinajstić information content (AvgIpc) is 2.56. The van der Waals surface area contributed by atoms with Crippen LogP contribution in [0.25, 0.3) is 5.57 Å². The van der Waals surface area contributed by atoms with E-state index in [4.69, 9.17) is 5.73 Å². The van der Waals surface area contributed by atoms with Gasteiger partial charge < -0.3 is 5.73 Å². The molecule has 0 unspecified atom stereocenters. The highest BCUT2D eigenvalue weighted by molar-refractivity contribution is 5.85. The van der Waals surface area contributed by atoms with Gasteiger partial charge in [-0.15, -0.1) is 0 Å². The van der Waals surface area contributed by atoms with Crippen molar-refractivity contribution in [2.45, 2.75) is 47.0 Å². The number of aromatic nitrogens is 1. The number of nitrogen functional groups attached to an aromatic ring is 1. The van der Waals surface area contributed by atoms with E-state index < -0.39 is 0 Å². The Morgan fingerprint density at radius 2 is 1.92 bits per heavy atom. The van der Waals surface area contributed by atoms with Crippen molar-refractivity contribution in [1.82, 2.24) is 4.98 Å². The van der Waals surface area contributed by atoms with Gasteiger partial charge in [0.1, 0.15) is 0 Å². The number of aryl methyl sites for hydroxylation is 2. The van der Waals surface area contributed by atoms with Crippen LogP contribution in [0.5, 0.6) is 0 Å². The summed E-state index contributed by atoms with van der Waals surface area (Å²) in [6.07, 6.45) is 8.74. The molecule has 0 saturated carbocycles. The van der Waals surface area contributed by atoms with Crippen molar-refractivity contribution >= 4 is 11.3 Å². The highest BCUT2D eigenvalue weighted by Gasteiger charge is 2.15. The minimum absolute atomic E-state index is 0.716. The molecule has 1 aromatic carbocycles. The number of nitriles is 1. The van der Waals surface area contributed by atoms with E-state index >= 15 is 0 Å². The monoisotopic (exact) mass is 319 g/mol. The first-order chi connectivity index (χ1) is 11.5. The summed E-state index contributed by atoms with van der Waals surface area (Å²) < 4.78 is 0. The molecule has 1 heterocycles. The van der Waals surface area contributed by atoms with Crippen LogP contribution in [0.15, 0.2) is 30.6 Å². The summed E-state index contributed by atoms with van der Waals surface area (Å²) in [4.78, 5) is 4.31. The molecule has 2 aromatic rings. The quantitative estimate of drug-likeness (QED) is 0.848. The molecule has 2 N–H and O–H groups in total. The molecule has 0 aliphatic carbocycles. The molecule has 124 valence electrons. The molecular formula is C21H25N3. The molecule has 0 aliphatic rings. The molecule has 0 fully saturated rings. The number of nitrogens with two attached hydrogens (primary N) is 1. The fourth-order valence-electron chi connectivity index (χ4n) is 3.05. The number of unbranched alkanes of at least 4 members (excludes halogenated alkanes) is 1. The number of pyridine rings is 1. The van der Waals surface area contributed by atoms with Crippen molar-refractivity contribution in [2.24, 2.45) is 0 Å². The number of benzene rings is 1. The first kappa shape index (κ1) is 17.7. The van der Waals surface area contributed by atoms with Gasteiger partial charge in [-0.05, 0) is 60.6 Å². The highest BCUT2D eigenvalue weighted by Crippen LogP contribution is 2.32. The summed E-state index contributed by atoms with van der Waals surface area (Å²) in [6, 6.07) is 6.37. The molecule has 24 heavy (non-hydrogen) atoms. The predicted molar refractivity (Wildman–Crippen MR) is 101 cm³/mol. The van der Waals surface area contributed by atoms with E-state index in [9.17, 15) is 5.26 Å². The van der Waals surface area contributed by atoms with Crippen molar-refractivity contribution in [3.05, 3.63) is 64.0 Å². The normalized spacial score (nSPS) is 11.4. The first-order valence-electron chi connectivity index (χ1n) is 8.48. The lowest BCUT2D eigenvalue weighted by atomic mass is 9.88. The Morgan fingerprint density at radius 1 is 1.17 bits per heavy atom. The summed E-state index contributed by atoms with van der Waals surface area (Å²) in [6.45, 7) is 8.34. The Hall–Kier alpha value is -2.60. The van der Waals surface area contributed by atoms with Crippen LogP contribution in [-0.2, 0) is 6.42 Å². The number of allylic oxidation sites excluding steroid dienone is 1. The van der Waals surface area contributed by atoms with Gasteiger partial charge in [-0.1, -0.05) is 32.4 Å². The number of rotatable bonds is 5. The van der Waals surface area contributed by atoms with Crippen molar-refractivity contribution < 1.29 is 0 Å². The van der Waals surface area contributed by atoms with Gasteiger partial charge in [0.15, 0.2) is 0 Å². The number of hydrogen-bond acceptors (Lipinski definition) is 3. The maximum atomic E-state index is 9.41. The van der Waals surface area contributed by atoms with Gasteiger partial charge in [0.05, 0.1) is 23.5 Å². The topological polar surface area (TPSA) is 62.7 Å². The predicted octanol–water partition coefficient (Wildman–Crippen LogP) is 4.95. The Morgan fingerprint density at radius 3 is 2.54 bits per heavy atom. The Kier molecular flexibility index (Phi) is 5.76. The van der Waals surface area contributed by atoms with Crippen molar-refractivity contribution in [3.8, 4) is 6.07 Å². The van der Waals surface area contributed by atoms with E-state index in [0.29, 0.717) is 5.56 Å². The molecule has 2 rings (SSSR count). The fourth-order valence-corrected chi connectivity index (χ4v) is 3.05. The minimum atomic E-state index is 0.716. The van der Waals surface area contributed by atoms with Gasteiger partial charge >= 0.3 is 0 Å². The summed E-state index contributed by atoms with van der Waals surface area (Å²) in [7, 11) is 0. The van der Waals surface area contributed by atoms with Gasteiger partial charge in [0.25, 0.3) is 0 Å². The van der Waals surface area contributed by atoms with Gasteiger partial charge in [0, 0.05) is 11.8 Å². The van der Waals surface area contributed by atoms with E-state index in [2.05, 4.69) is 44.0 Å². The van der Waals surface area contributed by atoms with E-state index in [-0.39, 0.29) is 0 Å². The zero-order valence-electron chi connectivity index (χ0n) is 15.0. The molecule has 3 nitrogen and oxygen atoms in total. The van der Waals surface area contributed by atoms with Gasteiger partial charge in [0.2, 0.25) is 0 Å². The molecule has 3 heteroatoms. The standard InChI is InChI=1S/C21H25N3/c1-5-7-8-18(20-12-24-13-21(23)17(20)6-2)19-10-16(11-22)14(3)9-15(19)4/h8-10,12-13H,5-7,23H2,1-4H3/b18-8+. The highest BCUT2D eigenvalue weighted by atomic mass is 14.7. The van der Waals surface area contributed by atoms with Crippen LogP contribution in [0.4, 0.5) is 5.69 Å². The second kappa shape index (κ2) is 7.79. The van der Waals surface area contributed by atoms with E-state index in [1.54, 1.807) is 6.20 Å². The van der Waals surface area contributed by atoms with Gasteiger partial charge in [-0.3, -0.25) is 4.98 Å². The van der Waals surface area contributed by atoms with Crippen LogP contribution in [0.2, 0.25) is 0 Å². The molecule has 0 amide bonds. The summed E-state index contributed by atoms with van der Waals surface area (Å²) >= 11 is 0. The SMILES string of the molecule is CCC/C=C(\c1cc(C#N)c(C)cc1C)c1cncc(N)c1CC. The Bertz CT molecular complexity index is 811. The number of hydrogen-bond donors (Lipinski definition) is 1. The average molecular weight is 319 g/mol. The lowest BCUT2D eigenvalue weighted by molar-refractivity contribution is 0.959. The second-order valence-corrected chi connectivity index (χ2v) is 6.11. The van der Waals surface area contributed by atoms with Crippen molar-refractivity contribution in [2.75, 3.05) is 5.73 Å². The second-order valence-electron chi connectivity index (χ2n) is 6.11. The van der Waals surface area contributed by atoms with Crippen molar-refractivity contribution in [3.63, 3.8) is 0 Å². The molecule has 1 aromatic heterocycles. The summed E-state index contributed by atoms with van der Waals surface area (Å²) in [5, 5.41) is 9.41. The van der Waals surface area contributed by atoms with Crippen LogP contribution in [0, 0.1) is 25.2 Å². The summed E-state index contributed by atoms with van der Waals surface area (Å²) in [5.74, 6) is 0. The van der Waals surface area contributed by atoms with Crippen LogP contribution in [-0.4, -0.2) is 4.98 Å².